The number of nitrogens with one attached hydrogen (secondary N) is 2. The molecule has 2 heterocycles. The molecular weight excluding hydrogens is 422 g/mol. The number of quaternary nitrogens is 1. The van der Waals surface area contributed by atoms with Crippen molar-refractivity contribution in [1.29, 1.82) is 0 Å². The lowest BCUT2D eigenvalue weighted by Crippen LogP contribution is -3.06. The summed E-state index contributed by atoms with van der Waals surface area (Å²) in [5.41, 5.74) is 1.48. The van der Waals surface area contributed by atoms with Crippen LogP contribution in [0.1, 0.15) is 18.7 Å². The summed E-state index contributed by atoms with van der Waals surface area (Å²) in [6.07, 6.45) is 1.19. The Morgan fingerprint density at radius 3 is 2.71 bits per heavy atom. The summed E-state index contributed by atoms with van der Waals surface area (Å²) in [6, 6.07) is 10.3. The van der Waals surface area contributed by atoms with Crippen LogP contribution < -0.4 is 15.3 Å². The normalized spacial score (nSPS) is 13.1. The Balaban J connectivity index is 1.57. The van der Waals surface area contributed by atoms with Crippen molar-refractivity contribution in [3.63, 3.8) is 0 Å². The van der Waals surface area contributed by atoms with Crippen LogP contribution in [0.5, 0.6) is 5.75 Å². The number of thiazole rings is 1. The van der Waals surface area contributed by atoms with Gasteiger partial charge in [0.2, 0.25) is 6.04 Å². The van der Waals surface area contributed by atoms with Crippen LogP contribution in [-0.4, -0.2) is 38.5 Å². The Morgan fingerprint density at radius 1 is 1.19 bits per heavy atom. The molecule has 0 aliphatic rings. The van der Waals surface area contributed by atoms with Crippen molar-refractivity contribution in [2.24, 2.45) is 0 Å². The fourth-order valence-corrected chi connectivity index (χ4v) is 3.88. The molecule has 2 aromatic heterocycles. The molecule has 0 bridgehead atoms. The summed E-state index contributed by atoms with van der Waals surface area (Å²) in [7, 11) is 0. The highest BCUT2D eigenvalue weighted by Gasteiger charge is 2.35. The molecule has 0 saturated carbocycles. The number of carbonyl (C=O) groups is 2. The van der Waals surface area contributed by atoms with Gasteiger partial charge in [0, 0.05) is 0 Å². The van der Waals surface area contributed by atoms with E-state index >= 15 is 0 Å². The first-order chi connectivity index (χ1) is 15.0. The third-order valence-electron chi connectivity index (χ3n) is 4.39. The third-order valence-corrected chi connectivity index (χ3v) is 5.32. The molecule has 2 atom stereocenters. The number of amides is 1. The molecule has 0 aliphatic carbocycles. The van der Waals surface area contributed by atoms with Crippen LogP contribution in [0, 0.1) is 5.21 Å². The van der Waals surface area contributed by atoms with Crippen LogP contribution in [-0.2, 0) is 9.59 Å². The second kappa shape index (κ2) is 8.70. The van der Waals surface area contributed by atoms with E-state index in [0.717, 1.165) is 16.0 Å². The zero-order chi connectivity index (χ0) is 22.0. The number of hydrogen-bond donors (Lipinski definition) is 3. The highest BCUT2D eigenvalue weighted by Crippen LogP contribution is 2.29. The number of Topliss-reactive ketones (excluding diaryl/α,β-unsaturated/α-hetero) is 1. The quantitative estimate of drug-likeness (QED) is 0.292. The van der Waals surface area contributed by atoms with Crippen LogP contribution >= 0.6 is 11.3 Å². The largest absolute Gasteiger partial charge is 0.599 e. The van der Waals surface area contributed by atoms with Gasteiger partial charge in [0.25, 0.3) is 5.78 Å². The number of ether oxygens (including phenoxy) is 1. The molecule has 0 spiro atoms. The number of hydrogen-bond acceptors (Lipinski definition) is 9. The van der Waals surface area contributed by atoms with Gasteiger partial charge in [-0.3, -0.25) is 19.9 Å². The topological polar surface area (TPSA) is 142 Å². The zero-order valence-electron chi connectivity index (χ0n) is 16.2. The summed E-state index contributed by atoms with van der Waals surface area (Å²) in [5, 5.41) is 22.4. The number of benzene rings is 2. The van der Waals surface area contributed by atoms with Crippen molar-refractivity contribution < 1.29 is 24.8 Å². The second-order valence-corrected chi connectivity index (χ2v) is 7.49. The van der Waals surface area contributed by atoms with E-state index in [2.05, 4.69) is 20.3 Å². The molecule has 3 N–H and O–H groups in total. The number of rotatable bonds is 7. The first kappa shape index (κ1) is 20.8. The molecule has 10 nitrogen and oxygen atoms in total. The molecule has 0 aliphatic heterocycles. The molecule has 4 aromatic rings. The number of nitrogens with zero attached hydrogens (tertiary/aromatic N) is 3. The van der Waals surface area contributed by atoms with Gasteiger partial charge >= 0.3 is 5.91 Å². The predicted octanol–water partition coefficient (Wildman–Crippen LogP) is 1.66. The average Bonchev–Trinajstić information content (AvgIpc) is 3.15. The number of hydroxylamine groups is 2. The maximum Gasteiger partial charge on any atom is 0.300 e. The molecule has 11 heteroatoms. The lowest BCUT2D eigenvalue weighted by atomic mass is 10.1. The monoisotopic (exact) mass is 439 g/mol. The number of fused-ring (bicyclic) bond motifs is 2. The van der Waals surface area contributed by atoms with Gasteiger partial charge in [-0.2, -0.15) is 0 Å². The van der Waals surface area contributed by atoms with Crippen LogP contribution in [0.4, 0.5) is 5.13 Å². The van der Waals surface area contributed by atoms with Gasteiger partial charge < -0.3 is 9.94 Å². The van der Waals surface area contributed by atoms with E-state index in [1.807, 2.05) is 6.92 Å². The molecule has 1 amide bonds. The molecule has 2 aromatic carbocycles. The fraction of sp³-hybridized carbons (Fsp3) is 0.150. The minimum absolute atomic E-state index is 0.114. The first-order valence-corrected chi connectivity index (χ1v) is 10.1. The van der Waals surface area contributed by atoms with Gasteiger partial charge in [-0.15, -0.1) is 0 Å². The van der Waals surface area contributed by atoms with Crippen molar-refractivity contribution in [1.82, 2.24) is 15.0 Å². The van der Waals surface area contributed by atoms with Crippen LogP contribution in [0.15, 0.2) is 48.7 Å². The average molecular weight is 439 g/mol. The van der Waals surface area contributed by atoms with Gasteiger partial charge in [0.1, 0.15) is 11.4 Å². The van der Waals surface area contributed by atoms with Gasteiger partial charge in [0.05, 0.1) is 34.1 Å². The van der Waals surface area contributed by atoms with E-state index in [4.69, 9.17) is 4.74 Å². The third kappa shape index (κ3) is 4.34. The lowest BCUT2D eigenvalue weighted by molar-refractivity contribution is -1.06. The van der Waals surface area contributed by atoms with Gasteiger partial charge in [-0.1, -0.05) is 23.5 Å². The van der Waals surface area contributed by atoms with Gasteiger partial charge in [0.15, 0.2) is 5.13 Å². The molecule has 4 rings (SSSR count). The SMILES string of the molecule is CCOc1ccc2nc(NC(=O)C(=O)C(c3cnc4ccccc4n3)[NH+]([O-])O)sc2c1. The van der Waals surface area contributed by atoms with Crippen molar-refractivity contribution in [3.8, 4) is 5.75 Å². The minimum Gasteiger partial charge on any atom is -0.599 e. The standard InChI is InChI=1S/C20H17N5O5S/c1-2-30-11-7-8-14-16(9-11)31-20(23-14)24-19(27)18(26)17(25(28)29)15-10-21-12-5-3-4-6-13(12)22-15/h3-10,17,25,28H,2H2,1H3,(H,23,24,27). The minimum atomic E-state index is -1.78. The summed E-state index contributed by atoms with van der Waals surface area (Å²) >= 11 is 1.15. The maximum atomic E-state index is 12.7. The van der Waals surface area contributed by atoms with E-state index in [-0.39, 0.29) is 10.8 Å². The molecule has 0 radical (unpaired) electrons. The molecule has 0 fully saturated rings. The number of carbonyl (C=O) groups excluding carboxylic acids is 2. The van der Waals surface area contributed by atoms with Gasteiger partial charge in [-0.25, -0.2) is 20.4 Å². The van der Waals surface area contributed by atoms with E-state index in [1.165, 1.54) is 6.20 Å². The predicted molar refractivity (Wildman–Crippen MR) is 113 cm³/mol. The molecular formula is C20H17N5O5S. The highest BCUT2D eigenvalue weighted by atomic mass is 32.1. The number of anilines is 1. The number of para-hydroxylation sites is 2. The summed E-state index contributed by atoms with van der Waals surface area (Å²) in [4.78, 5) is 37.8. The Bertz CT molecular complexity index is 1280. The Labute approximate surface area is 179 Å². The van der Waals surface area contributed by atoms with Crippen LogP contribution in [0.25, 0.3) is 21.3 Å². The fourth-order valence-electron chi connectivity index (χ4n) is 2.99. The van der Waals surface area contributed by atoms with Crippen molar-refractivity contribution in [3.05, 3.63) is 59.6 Å². The number of ketones is 1. The van der Waals surface area contributed by atoms with Crippen molar-refractivity contribution in [2.75, 3.05) is 11.9 Å². The zero-order valence-corrected chi connectivity index (χ0v) is 17.0. The highest BCUT2D eigenvalue weighted by molar-refractivity contribution is 7.22. The van der Waals surface area contributed by atoms with E-state index < -0.39 is 23.0 Å². The Hall–Kier alpha value is -3.51. The van der Waals surface area contributed by atoms with E-state index in [0.29, 0.717) is 28.9 Å². The van der Waals surface area contributed by atoms with Crippen LogP contribution in [0.2, 0.25) is 0 Å². The summed E-state index contributed by atoms with van der Waals surface area (Å²) < 4.78 is 6.19. The molecule has 2 unspecified atom stereocenters. The lowest BCUT2D eigenvalue weighted by Gasteiger charge is -2.21. The molecule has 31 heavy (non-hydrogen) atoms. The van der Waals surface area contributed by atoms with Crippen molar-refractivity contribution >= 4 is 49.4 Å². The summed E-state index contributed by atoms with van der Waals surface area (Å²) in [5.74, 6) is -1.59. The van der Waals surface area contributed by atoms with Crippen LogP contribution in [0.3, 0.4) is 0 Å². The van der Waals surface area contributed by atoms with Crippen molar-refractivity contribution in [2.45, 2.75) is 13.0 Å². The second-order valence-electron chi connectivity index (χ2n) is 6.45. The molecule has 158 valence electrons. The van der Waals surface area contributed by atoms with Gasteiger partial charge in [-0.05, 0) is 37.3 Å². The van der Waals surface area contributed by atoms with E-state index in [1.54, 1.807) is 42.5 Å². The first-order valence-electron chi connectivity index (χ1n) is 9.29. The maximum absolute atomic E-state index is 12.7. The number of aromatic nitrogens is 3. The Morgan fingerprint density at radius 2 is 1.97 bits per heavy atom. The summed E-state index contributed by atoms with van der Waals surface area (Å²) in [6.45, 7) is 2.38. The smallest absolute Gasteiger partial charge is 0.300 e. The van der Waals surface area contributed by atoms with E-state index in [9.17, 15) is 20.0 Å². The molecule has 0 saturated heterocycles. The Kier molecular flexibility index (Phi) is 5.82.